The van der Waals surface area contributed by atoms with E-state index in [1.54, 1.807) is 0 Å². The maximum absolute atomic E-state index is 5.22. The fraction of sp³-hybridized carbons (Fsp3) is 0.250. The first-order valence-corrected chi connectivity index (χ1v) is 4.90. The van der Waals surface area contributed by atoms with Crippen LogP contribution in [0, 0.1) is 6.61 Å². The molecule has 0 atom stereocenters. The highest BCUT2D eigenvalue weighted by Gasteiger charge is 2.01. The van der Waals surface area contributed by atoms with Gasteiger partial charge in [-0.1, -0.05) is 18.2 Å². The normalized spacial score (nSPS) is 10.9. The molecule has 1 heterocycles. The van der Waals surface area contributed by atoms with Gasteiger partial charge in [0.15, 0.2) is 0 Å². The fourth-order valence-electron chi connectivity index (χ4n) is 1.57. The zero-order valence-electron chi connectivity index (χ0n) is 8.29. The molecule has 0 saturated heterocycles. The summed E-state index contributed by atoms with van der Waals surface area (Å²) < 4.78 is 5.22. The summed E-state index contributed by atoms with van der Waals surface area (Å²) in [5.41, 5.74) is 2.47. The van der Waals surface area contributed by atoms with Crippen LogP contribution in [0.15, 0.2) is 30.5 Å². The molecular weight excluding hydrogens is 174 g/mol. The molecule has 73 valence electrons. The Hall–Kier alpha value is -1.28. The number of hydrogen-bond acceptors (Lipinski definition) is 1. The highest BCUT2D eigenvalue weighted by atomic mass is 16.5. The summed E-state index contributed by atoms with van der Waals surface area (Å²) in [6.07, 6.45) is 2.90. The van der Waals surface area contributed by atoms with E-state index in [0.29, 0.717) is 0 Å². The van der Waals surface area contributed by atoms with E-state index >= 15 is 0 Å². The SMILES string of the molecule is CCO[CH]Cc1c[nH]c2ccccc12. The lowest BCUT2D eigenvalue weighted by atomic mass is 10.1. The van der Waals surface area contributed by atoms with Crippen LogP contribution >= 0.6 is 0 Å². The molecule has 0 spiro atoms. The number of aromatic amines is 1. The van der Waals surface area contributed by atoms with Crippen molar-refractivity contribution in [2.75, 3.05) is 6.61 Å². The van der Waals surface area contributed by atoms with Gasteiger partial charge < -0.3 is 9.72 Å². The Bertz CT molecular complexity index is 405. The first kappa shape index (κ1) is 9.28. The molecule has 0 aliphatic heterocycles. The van der Waals surface area contributed by atoms with Gasteiger partial charge in [-0.25, -0.2) is 0 Å². The second kappa shape index (κ2) is 4.29. The number of rotatable bonds is 4. The minimum absolute atomic E-state index is 0.738. The van der Waals surface area contributed by atoms with Gasteiger partial charge >= 0.3 is 0 Å². The molecule has 0 amide bonds. The molecule has 2 heteroatoms. The van der Waals surface area contributed by atoms with E-state index < -0.39 is 0 Å². The van der Waals surface area contributed by atoms with Crippen LogP contribution in [-0.4, -0.2) is 11.6 Å². The summed E-state index contributed by atoms with van der Waals surface area (Å²) in [6, 6.07) is 8.30. The Balaban J connectivity index is 2.17. The molecular formula is C12H14NO. The third-order valence-electron chi connectivity index (χ3n) is 2.26. The van der Waals surface area contributed by atoms with Crippen molar-refractivity contribution in [3.05, 3.63) is 42.6 Å². The van der Waals surface area contributed by atoms with Crippen molar-refractivity contribution >= 4 is 10.9 Å². The molecule has 0 fully saturated rings. The quantitative estimate of drug-likeness (QED) is 0.733. The van der Waals surface area contributed by atoms with E-state index in [1.165, 1.54) is 16.5 Å². The highest BCUT2D eigenvalue weighted by molar-refractivity contribution is 5.83. The second-order valence-electron chi connectivity index (χ2n) is 3.19. The van der Waals surface area contributed by atoms with Crippen LogP contribution in [0.4, 0.5) is 0 Å². The Kier molecular flexibility index (Phi) is 2.84. The van der Waals surface area contributed by atoms with E-state index in [0.717, 1.165) is 13.0 Å². The molecule has 2 rings (SSSR count). The average Bonchev–Trinajstić information content (AvgIpc) is 2.63. The molecule has 0 unspecified atom stereocenters. The topological polar surface area (TPSA) is 25.0 Å². The van der Waals surface area contributed by atoms with E-state index in [9.17, 15) is 0 Å². The standard InChI is InChI=1S/C12H14NO/c1-2-14-8-7-10-9-13-12-6-4-3-5-11(10)12/h3-6,8-9,13H,2,7H2,1H3. The maximum atomic E-state index is 5.22. The maximum Gasteiger partial charge on any atom is 0.0880 e. The van der Waals surface area contributed by atoms with Crippen molar-refractivity contribution in [3.8, 4) is 0 Å². The van der Waals surface area contributed by atoms with Crippen molar-refractivity contribution in [1.29, 1.82) is 0 Å². The van der Waals surface area contributed by atoms with Crippen molar-refractivity contribution in [2.24, 2.45) is 0 Å². The Morgan fingerprint density at radius 3 is 3.07 bits per heavy atom. The van der Waals surface area contributed by atoms with Gasteiger partial charge in [0.05, 0.1) is 6.61 Å². The fourth-order valence-corrected chi connectivity index (χ4v) is 1.57. The summed E-state index contributed by atoms with van der Waals surface area (Å²) in [4.78, 5) is 3.24. The van der Waals surface area contributed by atoms with Crippen LogP contribution in [0.2, 0.25) is 0 Å². The van der Waals surface area contributed by atoms with Crippen molar-refractivity contribution < 1.29 is 4.74 Å². The number of hydrogen-bond donors (Lipinski definition) is 1. The number of H-pyrrole nitrogens is 1. The predicted molar refractivity (Wildman–Crippen MR) is 57.9 cm³/mol. The van der Waals surface area contributed by atoms with Crippen LogP contribution in [0.5, 0.6) is 0 Å². The third-order valence-corrected chi connectivity index (χ3v) is 2.26. The van der Waals surface area contributed by atoms with Gasteiger partial charge in [0.25, 0.3) is 0 Å². The molecule has 1 radical (unpaired) electrons. The smallest absolute Gasteiger partial charge is 0.0880 e. The number of nitrogens with one attached hydrogen (secondary N) is 1. The van der Waals surface area contributed by atoms with Gasteiger partial charge in [0, 0.05) is 30.1 Å². The number of fused-ring (bicyclic) bond motifs is 1. The van der Waals surface area contributed by atoms with Gasteiger partial charge in [0.1, 0.15) is 0 Å². The second-order valence-corrected chi connectivity index (χ2v) is 3.19. The van der Waals surface area contributed by atoms with Crippen LogP contribution in [0.3, 0.4) is 0 Å². The van der Waals surface area contributed by atoms with E-state index in [-0.39, 0.29) is 0 Å². The summed E-state index contributed by atoms with van der Waals surface area (Å²) >= 11 is 0. The van der Waals surface area contributed by atoms with Crippen LogP contribution in [-0.2, 0) is 11.2 Å². The van der Waals surface area contributed by atoms with E-state index in [1.807, 2.05) is 25.8 Å². The number of para-hydroxylation sites is 1. The van der Waals surface area contributed by atoms with Crippen LogP contribution < -0.4 is 0 Å². The summed E-state index contributed by atoms with van der Waals surface area (Å²) in [5.74, 6) is 0. The number of aromatic nitrogens is 1. The van der Waals surface area contributed by atoms with Gasteiger partial charge in [0.2, 0.25) is 0 Å². The van der Waals surface area contributed by atoms with Gasteiger partial charge in [-0.2, -0.15) is 0 Å². The first-order valence-electron chi connectivity index (χ1n) is 4.90. The minimum atomic E-state index is 0.738. The minimum Gasteiger partial charge on any atom is -0.375 e. The summed E-state index contributed by atoms with van der Waals surface area (Å²) in [7, 11) is 0. The predicted octanol–water partition coefficient (Wildman–Crippen LogP) is 2.91. The molecule has 0 aliphatic carbocycles. The number of benzene rings is 1. The number of ether oxygens (including phenoxy) is 1. The Labute approximate surface area is 83.9 Å². The lowest BCUT2D eigenvalue weighted by molar-refractivity contribution is 0.213. The molecule has 2 nitrogen and oxygen atoms in total. The molecule has 14 heavy (non-hydrogen) atoms. The summed E-state index contributed by atoms with van der Waals surface area (Å²) in [5, 5.41) is 1.28. The molecule has 2 aromatic rings. The third kappa shape index (κ3) is 1.80. The largest absolute Gasteiger partial charge is 0.375 e. The molecule has 1 aromatic heterocycles. The van der Waals surface area contributed by atoms with E-state index in [2.05, 4.69) is 23.2 Å². The summed E-state index contributed by atoms with van der Waals surface area (Å²) in [6.45, 7) is 4.59. The van der Waals surface area contributed by atoms with Crippen molar-refractivity contribution in [2.45, 2.75) is 13.3 Å². The zero-order valence-corrected chi connectivity index (χ0v) is 8.29. The molecule has 0 bridgehead atoms. The van der Waals surface area contributed by atoms with Gasteiger partial charge in [-0.3, -0.25) is 0 Å². The van der Waals surface area contributed by atoms with Crippen LogP contribution in [0.25, 0.3) is 10.9 Å². The van der Waals surface area contributed by atoms with Crippen molar-refractivity contribution in [3.63, 3.8) is 0 Å². The van der Waals surface area contributed by atoms with Crippen molar-refractivity contribution in [1.82, 2.24) is 4.98 Å². The lowest BCUT2D eigenvalue weighted by Gasteiger charge is -1.98. The Morgan fingerprint density at radius 1 is 1.36 bits per heavy atom. The van der Waals surface area contributed by atoms with Crippen LogP contribution in [0.1, 0.15) is 12.5 Å². The lowest BCUT2D eigenvalue weighted by Crippen LogP contribution is -1.90. The average molecular weight is 188 g/mol. The Morgan fingerprint density at radius 2 is 2.21 bits per heavy atom. The van der Waals surface area contributed by atoms with Gasteiger partial charge in [-0.15, -0.1) is 0 Å². The molecule has 1 aromatic carbocycles. The first-order chi connectivity index (χ1) is 6.92. The molecule has 1 N–H and O–H groups in total. The molecule has 0 aliphatic rings. The van der Waals surface area contributed by atoms with E-state index in [4.69, 9.17) is 4.74 Å². The monoisotopic (exact) mass is 188 g/mol. The highest BCUT2D eigenvalue weighted by Crippen LogP contribution is 2.18. The van der Waals surface area contributed by atoms with Gasteiger partial charge in [-0.05, 0) is 18.6 Å². The zero-order chi connectivity index (χ0) is 9.80. The molecule has 0 saturated carbocycles.